The minimum atomic E-state index is -1.60. The van der Waals surface area contributed by atoms with Crippen LogP contribution in [0.15, 0.2) is 0 Å². The van der Waals surface area contributed by atoms with E-state index in [4.69, 9.17) is 14.2 Å². The third-order valence-electron chi connectivity index (χ3n) is 3.73. The Labute approximate surface area is 133 Å². The Hall–Kier alpha value is -1.26. The van der Waals surface area contributed by atoms with Crippen molar-refractivity contribution in [3.05, 3.63) is 0 Å². The van der Waals surface area contributed by atoms with Gasteiger partial charge >= 0.3 is 11.9 Å². The molecule has 0 saturated carbocycles. The number of hydrogen-bond acceptors (Lipinski definition) is 9. The number of hydrogen-bond donors (Lipinski definition) is 4. The molecule has 0 aliphatic carbocycles. The molecule has 1 fully saturated rings. The predicted octanol–water partition coefficient (Wildman–Crippen LogP) is -1.69. The van der Waals surface area contributed by atoms with Gasteiger partial charge in [-0.15, -0.1) is 0 Å². The lowest BCUT2D eigenvalue weighted by molar-refractivity contribution is -0.178. The van der Waals surface area contributed by atoms with Crippen LogP contribution in [0.5, 0.6) is 0 Å². The first-order chi connectivity index (χ1) is 10.7. The highest BCUT2D eigenvalue weighted by atomic mass is 16.7. The molecule has 0 bridgehead atoms. The molecule has 4 N–H and O–H groups in total. The molecule has 1 rings (SSSR count). The number of esters is 2. The van der Waals surface area contributed by atoms with E-state index < -0.39 is 61.3 Å². The molecule has 6 atom stereocenters. The van der Waals surface area contributed by atoms with Crippen molar-refractivity contribution >= 4 is 11.9 Å². The fourth-order valence-electron chi connectivity index (χ4n) is 2.05. The lowest BCUT2D eigenvalue weighted by Crippen LogP contribution is -2.47. The largest absolute Gasteiger partial charge is 0.465 e. The number of carbonyl (C=O) groups excluding carboxylic acids is 2. The van der Waals surface area contributed by atoms with Gasteiger partial charge < -0.3 is 34.6 Å². The number of ether oxygens (including phenoxy) is 3. The SMILES string of the molecule is CCC(O)[C@H]1O[C@H](O)[C@H](O)[C@H]1OC(=O)C(C)(CO)COC(C)=O. The Morgan fingerprint density at radius 1 is 1.35 bits per heavy atom. The van der Waals surface area contributed by atoms with Crippen LogP contribution in [0.4, 0.5) is 0 Å². The van der Waals surface area contributed by atoms with Crippen molar-refractivity contribution in [2.45, 2.75) is 57.9 Å². The van der Waals surface area contributed by atoms with Gasteiger partial charge in [0, 0.05) is 6.92 Å². The maximum Gasteiger partial charge on any atom is 0.318 e. The molecule has 9 heteroatoms. The van der Waals surface area contributed by atoms with Gasteiger partial charge in [-0.25, -0.2) is 0 Å². The van der Waals surface area contributed by atoms with Gasteiger partial charge in [0.05, 0.1) is 12.7 Å². The fraction of sp³-hybridized carbons (Fsp3) is 0.857. The van der Waals surface area contributed by atoms with Crippen molar-refractivity contribution in [2.24, 2.45) is 5.41 Å². The first-order valence-corrected chi connectivity index (χ1v) is 7.31. The molecule has 2 unspecified atom stereocenters. The highest BCUT2D eigenvalue weighted by molar-refractivity contribution is 5.77. The van der Waals surface area contributed by atoms with E-state index in [1.54, 1.807) is 6.92 Å². The van der Waals surface area contributed by atoms with Gasteiger partial charge in [0.25, 0.3) is 0 Å². The second-order valence-electron chi connectivity index (χ2n) is 5.83. The molecule has 0 amide bonds. The summed E-state index contributed by atoms with van der Waals surface area (Å²) in [7, 11) is 0. The Balaban J connectivity index is 2.84. The van der Waals surface area contributed by atoms with Crippen molar-refractivity contribution in [1.29, 1.82) is 0 Å². The fourth-order valence-corrected chi connectivity index (χ4v) is 2.05. The van der Waals surface area contributed by atoms with E-state index >= 15 is 0 Å². The zero-order valence-electron chi connectivity index (χ0n) is 13.3. The molecule has 134 valence electrons. The summed E-state index contributed by atoms with van der Waals surface area (Å²) in [5.41, 5.74) is -1.54. The maximum atomic E-state index is 12.3. The molecule has 0 aromatic carbocycles. The smallest absolute Gasteiger partial charge is 0.318 e. The Bertz CT molecular complexity index is 426. The lowest BCUT2D eigenvalue weighted by Gasteiger charge is -2.29. The average molecular weight is 336 g/mol. The van der Waals surface area contributed by atoms with E-state index in [9.17, 15) is 30.0 Å². The highest BCUT2D eigenvalue weighted by Gasteiger charge is 2.50. The molecule has 1 heterocycles. The van der Waals surface area contributed by atoms with Crippen LogP contribution in [-0.4, -0.2) is 76.3 Å². The monoisotopic (exact) mass is 336 g/mol. The van der Waals surface area contributed by atoms with Gasteiger partial charge in [-0.1, -0.05) is 6.92 Å². The van der Waals surface area contributed by atoms with E-state index in [2.05, 4.69) is 0 Å². The zero-order chi connectivity index (χ0) is 17.8. The minimum Gasteiger partial charge on any atom is -0.465 e. The first-order valence-electron chi connectivity index (χ1n) is 7.31. The van der Waals surface area contributed by atoms with E-state index in [0.29, 0.717) is 0 Å². The van der Waals surface area contributed by atoms with Crippen LogP contribution in [0.3, 0.4) is 0 Å². The summed E-state index contributed by atoms with van der Waals surface area (Å²) in [6, 6.07) is 0. The molecule has 23 heavy (non-hydrogen) atoms. The van der Waals surface area contributed by atoms with Gasteiger partial charge in [-0.05, 0) is 13.3 Å². The molecule has 1 aliphatic rings. The van der Waals surface area contributed by atoms with Crippen LogP contribution in [0.2, 0.25) is 0 Å². The van der Waals surface area contributed by atoms with Crippen LogP contribution >= 0.6 is 0 Å². The van der Waals surface area contributed by atoms with Crippen LogP contribution in [-0.2, 0) is 23.8 Å². The molecule has 0 aromatic rings. The summed E-state index contributed by atoms with van der Waals surface area (Å²) in [6.45, 7) is 3.06. The second-order valence-corrected chi connectivity index (χ2v) is 5.83. The summed E-state index contributed by atoms with van der Waals surface area (Å²) < 4.78 is 14.9. The summed E-state index contributed by atoms with van der Waals surface area (Å²) in [6.07, 6.45) is -6.37. The number of carbonyl (C=O) groups is 2. The maximum absolute atomic E-state index is 12.3. The number of aliphatic hydroxyl groups excluding tert-OH is 4. The molecular formula is C14H24O9. The first kappa shape index (κ1) is 19.8. The van der Waals surface area contributed by atoms with Gasteiger partial charge in [-0.3, -0.25) is 9.59 Å². The van der Waals surface area contributed by atoms with Gasteiger partial charge in [0.15, 0.2) is 12.4 Å². The Kier molecular flexibility index (Phi) is 6.90. The van der Waals surface area contributed by atoms with Gasteiger partial charge in [-0.2, -0.15) is 0 Å². The predicted molar refractivity (Wildman–Crippen MR) is 74.9 cm³/mol. The van der Waals surface area contributed by atoms with Crippen molar-refractivity contribution in [1.82, 2.24) is 0 Å². The average Bonchev–Trinajstić information content (AvgIpc) is 2.80. The normalized spacial score (nSPS) is 31.3. The summed E-state index contributed by atoms with van der Waals surface area (Å²) in [5, 5.41) is 38.7. The van der Waals surface area contributed by atoms with Crippen molar-refractivity contribution in [3.63, 3.8) is 0 Å². The molecule has 1 aliphatic heterocycles. The second kappa shape index (κ2) is 8.02. The van der Waals surface area contributed by atoms with Crippen LogP contribution in [0, 0.1) is 5.41 Å². The summed E-state index contributed by atoms with van der Waals surface area (Å²) in [4.78, 5) is 23.1. The summed E-state index contributed by atoms with van der Waals surface area (Å²) in [5.74, 6) is -1.58. The third-order valence-corrected chi connectivity index (χ3v) is 3.73. The van der Waals surface area contributed by atoms with Crippen molar-refractivity contribution in [3.8, 4) is 0 Å². The van der Waals surface area contributed by atoms with Gasteiger partial charge in [0.2, 0.25) is 0 Å². The topological polar surface area (TPSA) is 143 Å². The van der Waals surface area contributed by atoms with E-state index in [-0.39, 0.29) is 6.42 Å². The van der Waals surface area contributed by atoms with Crippen molar-refractivity contribution < 1.29 is 44.2 Å². The molecule has 0 spiro atoms. The molecule has 1 saturated heterocycles. The quantitative estimate of drug-likeness (QED) is 0.400. The number of aliphatic hydroxyl groups is 4. The van der Waals surface area contributed by atoms with E-state index in [1.807, 2.05) is 0 Å². The summed E-state index contributed by atoms with van der Waals surface area (Å²) >= 11 is 0. The zero-order valence-corrected chi connectivity index (χ0v) is 13.3. The van der Waals surface area contributed by atoms with Crippen LogP contribution in [0.25, 0.3) is 0 Å². The van der Waals surface area contributed by atoms with E-state index in [0.717, 1.165) is 6.92 Å². The third kappa shape index (κ3) is 4.61. The van der Waals surface area contributed by atoms with Crippen molar-refractivity contribution in [2.75, 3.05) is 13.2 Å². The standard InChI is InChI=1S/C14H24O9/c1-4-8(17)10-11(9(18)12(19)22-10)23-13(20)14(3,5-15)6-21-7(2)16/h8-12,15,17-19H,4-6H2,1-3H3/t8?,9-,10-,11-,12+,14?/m1/s1. The molecule has 0 aromatic heterocycles. The lowest BCUT2D eigenvalue weighted by atomic mass is 9.92. The Morgan fingerprint density at radius 3 is 2.43 bits per heavy atom. The number of rotatable bonds is 7. The van der Waals surface area contributed by atoms with Gasteiger partial charge in [0.1, 0.15) is 24.2 Å². The molecule has 9 nitrogen and oxygen atoms in total. The van der Waals surface area contributed by atoms with E-state index in [1.165, 1.54) is 6.92 Å². The highest BCUT2D eigenvalue weighted by Crippen LogP contribution is 2.29. The molecular weight excluding hydrogens is 312 g/mol. The minimum absolute atomic E-state index is 0.253. The molecule has 0 radical (unpaired) electrons. The Morgan fingerprint density at radius 2 is 1.96 bits per heavy atom. The van der Waals surface area contributed by atoms with Crippen LogP contribution in [0.1, 0.15) is 27.2 Å². The van der Waals surface area contributed by atoms with Crippen LogP contribution < -0.4 is 0 Å².